The van der Waals surface area contributed by atoms with Crippen molar-refractivity contribution in [3.8, 4) is 0 Å². The number of nitrogens with one attached hydrogen (secondary N) is 1. The second-order valence-electron chi connectivity index (χ2n) is 6.33. The Hall–Kier alpha value is -1.53. The standard InChI is InChI=1S/C17H22F2N2O2/c1-3-15-21-13-8-10(9-20-12-5-4-6-14(12)22)7-11(16(13)23-15)17(2,18)19/h7-8,12,14,20,22H,3-6,9H2,1-2H3. The van der Waals surface area contributed by atoms with E-state index in [4.69, 9.17) is 4.42 Å². The average Bonchev–Trinajstić information content (AvgIpc) is 3.08. The molecule has 6 heteroatoms. The minimum absolute atomic E-state index is 0.0276. The maximum absolute atomic E-state index is 13.9. The van der Waals surface area contributed by atoms with Crippen molar-refractivity contribution in [2.75, 3.05) is 0 Å². The van der Waals surface area contributed by atoms with Gasteiger partial charge in [0.25, 0.3) is 5.92 Å². The Balaban J connectivity index is 1.91. The van der Waals surface area contributed by atoms with E-state index in [9.17, 15) is 13.9 Å². The van der Waals surface area contributed by atoms with Gasteiger partial charge in [0.15, 0.2) is 11.5 Å². The van der Waals surface area contributed by atoms with Crippen molar-refractivity contribution >= 4 is 11.1 Å². The molecule has 0 spiro atoms. The number of fused-ring (bicyclic) bond motifs is 1. The summed E-state index contributed by atoms with van der Waals surface area (Å²) in [6.45, 7) is 3.17. The predicted molar refractivity (Wildman–Crippen MR) is 83.4 cm³/mol. The van der Waals surface area contributed by atoms with Gasteiger partial charge in [-0.15, -0.1) is 0 Å². The molecule has 0 radical (unpaired) electrons. The Bertz CT molecular complexity index is 694. The molecule has 0 saturated heterocycles. The minimum atomic E-state index is -2.99. The van der Waals surface area contributed by atoms with Crippen LogP contribution in [0.3, 0.4) is 0 Å². The lowest BCUT2D eigenvalue weighted by atomic mass is 10.0. The van der Waals surface area contributed by atoms with Crippen LogP contribution in [-0.4, -0.2) is 22.2 Å². The molecule has 23 heavy (non-hydrogen) atoms. The van der Waals surface area contributed by atoms with Gasteiger partial charge in [0.2, 0.25) is 0 Å². The summed E-state index contributed by atoms with van der Waals surface area (Å²) < 4.78 is 33.3. The number of oxazole rings is 1. The molecule has 1 aromatic heterocycles. The van der Waals surface area contributed by atoms with Crippen molar-refractivity contribution in [2.24, 2.45) is 0 Å². The largest absolute Gasteiger partial charge is 0.440 e. The molecule has 126 valence electrons. The molecular formula is C17H22F2N2O2. The van der Waals surface area contributed by atoms with Crippen molar-refractivity contribution in [1.82, 2.24) is 10.3 Å². The number of nitrogens with zero attached hydrogens (tertiary/aromatic N) is 1. The lowest BCUT2D eigenvalue weighted by Gasteiger charge is -2.17. The Kier molecular flexibility index (Phi) is 4.38. The van der Waals surface area contributed by atoms with Crippen LogP contribution < -0.4 is 5.32 Å². The maximum Gasteiger partial charge on any atom is 0.274 e. The summed E-state index contributed by atoms with van der Waals surface area (Å²) in [6.07, 6.45) is 2.89. The summed E-state index contributed by atoms with van der Waals surface area (Å²) in [5.74, 6) is -2.53. The summed E-state index contributed by atoms with van der Waals surface area (Å²) in [5, 5.41) is 13.1. The SMILES string of the molecule is CCc1nc2cc(CNC3CCCC3O)cc(C(C)(F)F)c2o1. The normalized spacial score (nSPS) is 22.1. The van der Waals surface area contributed by atoms with Crippen LogP contribution in [0.5, 0.6) is 0 Å². The predicted octanol–water partition coefficient (Wildman–Crippen LogP) is 3.50. The minimum Gasteiger partial charge on any atom is -0.440 e. The number of halogens is 2. The van der Waals surface area contributed by atoms with E-state index in [1.807, 2.05) is 6.92 Å². The summed E-state index contributed by atoms with van der Waals surface area (Å²) in [6, 6.07) is 3.28. The van der Waals surface area contributed by atoms with E-state index < -0.39 is 5.92 Å². The number of aryl methyl sites for hydroxylation is 1. The van der Waals surface area contributed by atoms with Crippen molar-refractivity contribution in [1.29, 1.82) is 0 Å². The van der Waals surface area contributed by atoms with E-state index in [1.165, 1.54) is 6.07 Å². The van der Waals surface area contributed by atoms with Gasteiger partial charge in [-0.25, -0.2) is 13.8 Å². The number of rotatable bonds is 5. The zero-order valence-electron chi connectivity index (χ0n) is 13.4. The van der Waals surface area contributed by atoms with Gasteiger partial charge in [-0.2, -0.15) is 0 Å². The highest BCUT2D eigenvalue weighted by Gasteiger charge is 2.30. The van der Waals surface area contributed by atoms with Crippen molar-refractivity contribution in [3.63, 3.8) is 0 Å². The molecule has 1 aliphatic rings. The van der Waals surface area contributed by atoms with Gasteiger partial charge >= 0.3 is 0 Å². The molecule has 1 heterocycles. The molecule has 4 nitrogen and oxygen atoms in total. The molecule has 2 N–H and O–H groups in total. The first-order chi connectivity index (χ1) is 10.9. The molecule has 1 aromatic carbocycles. The molecule has 2 unspecified atom stereocenters. The van der Waals surface area contributed by atoms with Crippen molar-refractivity contribution in [3.05, 3.63) is 29.2 Å². The molecular weight excluding hydrogens is 302 g/mol. The van der Waals surface area contributed by atoms with E-state index in [0.29, 0.717) is 24.4 Å². The summed E-state index contributed by atoms with van der Waals surface area (Å²) >= 11 is 0. The van der Waals surface area contributed by atoms with Crippen LogP contribution in [-0.2, 0) is 18.9 Å². The first kappa shape index (κ1) is 16.3. The lowest BCUT2D eigenvalue weighted by Crippen LogP contribution is -2.35. The van der Waals surface area contributed by atoms with Gasteiger partial charge in [-0.3, -0.25) is 0 Å². The number of aliphatic hydroxyl groups excluding tert-OH is 1. The Morgan fingerprint density at radius 1 is 1.39 bits per heavy atom. The molecule has 3 rings (SSSR count). The van der Waals surface area contributed by atoms with Gasteiger partial charge in [0, 0.05) is 25.9 Å². The molecule has 1 aliphatic carbocycles. The fourth-order valence-electron chi connectivity index (χ4n) is 3.14. The molecule has 1 saturated carbocycles. The maximum atomic E-state index is 13.9. The van der Waals surface area contributed by atoms with Crippen LogP contribution in [0.4, 0.5) is 8.78 Å². The number of alkyl halides is 2. The summed E-state index contributed by atoms with van der Waals surface area (Å²) in [5.41, 5.74) is 1.22. The molecule has 2 atom stereocenters. The van der Waals surface area contributed by atoms with Crippen LogP contribution in [0.15, 0.2) is 16.5 Å². The van der Waals surface area contributed by atoms with Gasteiger partial charge < -0.3 is 14.8 Å². The van der Waals surface area contributed by atoms with Crippen molar-refractivity contribution < 1.29 is 18.3 Å². The van der Waals surface area contributed by atoms with Gasteiger partial charge in [-0.1, -0.05) is 6.92 Å². The zero-order chi connectivity index (χ0) is 16.6. The number of aliphatic hydroxyl groups is 1. The molecule has 0 amide bonds. The van der Waals surface area contributed by atoms with Crippen LogP contribution >= 0.6 is 0 Å². The molecule has 0 aliphatic heterocycles. The molecule has 2 aromatic rings. The third kappa shape index (κ3) is 3.38. The summed E-state index contributed by atoms with van der Waals surface area (Å²) in [7, 11) is 0. The van der Waals surface area contributed by atoms with Crippen molar-refractivity contribution in [2.45, 2.75) is 64.1 Å². The van der Waals surface area contributed by atoms with E-state index >= 15 is 0 Å². The number of hydrogen-bond donors (Lipinski definition) is 2. The third-order valence-electron chi connectivity index (χ3n) is 4.42. The highest BCUT2D eigenvalue weighted by molar-refractivity contribution is 5.78. The van der Waals surface area contributed by atoms with Crippen LogP contribution in [0.25, 0.3) is 11.1 Å². The first-order valence-corrected chi connectivity index (χ1v) is 8.10. The second kappa shape index (κ2) is 6.17. The summed E-state index contributed by atoms with van der Waals surface area (Å²) in [4.78, 5) is 4.28. The monoisotopic (exact) mass is 324 g/mol. The first-order valence-electron chi connectivity index (χ1n) is 8.10. The number of hydrogen-bond acceptors (Lipinski definition) is 4. The fraction of sp³-hybridized carbons (Fsp3) is 0.588. The van der Waals surface area contributed by atoms with E-state index in [-0.39, 0.29) is 23.3 Å². The third-order valence-corrected chi connectivity index (χ3v) is 4.42. The Labute approximate surface area is 133 Å². The van der Waals surface area contributed by atoms with Gasteiger partial charge in [-0.05, 0) is 37.0 Å². The Morgan fingerprint density at radius 2 is 2.17 bits per heavy atom. The fourth-order valence-corrected chi connectivity index (χ4v) is 3.14. The Morgan fingerprint density at radius 3 is 2.78 bits per heavy atom. The quantitative estimate of drug-likeness (QED) is 0.884. The highest BCUT2D eigenvalue weighted by Crippen LogP contribution is 2.35. The van der Waals surface area contributed by atoms with E-state index in [0.717, 1.165) is 31.7 Å². The number of benzene rings is 1. The molecule has 0 bridgehead atoms. The molecule has 1 fully saturated rings. The van der Waals surface area contributed by atoms with E-state index in [2.05, 4.69) is 10.3 Å². The van der Waals surface area contributed by atoms with Crippen LogP contribution in [0, 0.1) is 0 Å². The highest BCUT2D eigenvalue weighted by atomic mass is 19.3. The van der Waals surface area contributed by atoms with E-state index in [1.54, 1.807) is 6.07 Å². The second-order valence-corrected chi connectivity index (χ2v) is 6.33. The van der Waals surface area contributed by atoms with Crippen LogP contribution in [0.2, 0.25) is 0 Å². The smallest absolute Gasteiger partial charge is 0.274 e. The average molecular weight is 324 g/mol. The van der Waals surface area contributed by atoms with Crippen LogP contribution in [0.1, 0.15) is 50.1 Å². The zero-order valence-corrected chi connectivity index (χ0v) is 13.4. The topological polar surface area (TPSA) is 58.3 Å². The number of aromatic nitrogens is 1. The van der Waals surface area contributed by atoms with Gasteiger partial charge in [0.1, 0.15) is 5.52 Å². The lowest BCUT2D eigenvalue weighted by molar-refractivity contribution is 0.0180. The van der Waals surface area contributed by atoms with Gasteiger partial charge in [0.05, 0.1) is 11.7 Å².